The molecular formula is C24H22N2O4. The van der Waals surface area contributed by atoms with E-state index in [4.69, 9.17) is 19.3 Å². The van der Waals surface area contributed by atoms with E-state index in [0.29, 0.717) is 17.7 Å². The second-order valence-corrected chi connectivity index (χ2v) is 7.31. The van der Waals surface area contributed by atoms with Gasteiger partial charge in [-0.15, -0.1) is 0 Å². The number of fused-ring (bicyclic) bond motifs is 3. The van der Waals surface area contributed by atoms with Crippen molar-refractivity contribution in [1.29, 1.82) is 0 Å². The molecule has 0 saturated heterocycles. The maximum atomic E-state index is 10.5. The fraction of sp³-hybridized carbons (Fsp3) is 0.208. The predicted octanol–water partition coefficient (Wildman–Crippen LogP) is 4.65. The summed E-state index contributed by atoms with van der Waals surface area (Å²) in [6.07, 6.45) is 0.286. The Morgan fingerprint density at radius 3 is 2.47 bits per heavy atom. The van der Waals surface area contributed by atoms with Gasteiger partial charge in [0, 0.05) is 23.1 Å². The molecule has 6 heteroatoms. The Labute approximate surface area is 174 Å². The van der Waals surface area contributed by atoms with Gasteiger partial charge in [0.1, 0.15) is 23.0 Å². The largest absolute Gasteiger partial charge is 0.507 e. The molecule has 0 fully saturated rings. The molecule has 0 aliphatic carbocycles. The normalized spacial score (nSPS) is 19.4. The minimum Gasteiger partial charge on any atom is -0.507 e. The van der Waals surface area contributed by atoms with Crippen LogP contribution in [0.1, 0.15) is 35.4 Å². The van der Waals surface area contributed by atoms with Crippen LogP contribution in [0.25, 0.3) is 0 Å². The summed E-state index contributed by atoms with van der Waals surface area (Å²) < 4.78 is 17.0. The second kappa shape index (κ2) is 7.30. The Morgan fingerprint density at radius 2 is 1.70 bits per heavy atom. The number of phenols is 1. The van der Waals surface area contributed by atoms with Gasteiger partial charge >= 0.3 is 0 Å². The van der Waals surface area contributed by atoms with Crippen molar-refractivity contribution in [3.8, 4) is 23.0 Å². The van der Waals surface area contributed by atoms with Gasteiger partial charge < -0.3 is 19.3 Å². The fourth-order valence-electron chi connectivity index (χ4n) is 4.06. The Balaban J connectivity index is 1.58. The van der Waals surface area contributed by atoms with Crippen LogP contribution in [0.15, 0.2) is 71.8 Å². The number of hydrazone groups is 1. The third-order valence-corrected chi connectivity index (χ3v) is 5.61. The minimum atomic E-state index is -0.374. The summed E-state index contributed by atoms with van der Waals surface area (Å²) in [5.74, 6) is 2.51. The van der Waals surface area contributed by atoms with E-state index in [1.165, 1.54) is 0 Å². The molecule has 0 bridgehead atoms. The first-order chi connectivity index (χ1) is 14.7. The molecule has 2 aliphatic rings. The van der Waals surface area contributed by atoms with Crippen LogP contribution in [0.5, 0.6) is 23.0 Å². The Bertz CT molecular complexity index is 1110. The lowest BCUT2D eigenvalue weighted by Crippen LogP contribution is -2.33. The quantitative estimate of drug-likeness (QED) is 0.688. The van der Waals surface area contributed by atoms with Crippen molar-refractivity contribution in [1.82, 2.24) is 5.01 Å². The molecule has 6 nitrogen and oxygen atoms in total. The number of methoxy groups -OCH3 is 2. The van der Waals surface area contributed by atoms with Gasteiger partial charge in [0.05, 0.1) is 26.0 Å². The molecule has 152 valence electrons. The molecular weight excluding hydrogens is 380 g/mol. The van der Waals surface area contributed by atoms with Crippen molar-refractivity contribution in [2.75, 3.05) is 14.2 Å². The Kier molecular flexibility index (Phi) is 4.47. The van der Waals surface area contributed by atoms with Gasteiger partial charge in [0.25, 0.3) is 0 Å². The first kappa shape index (κ1) is 18.4. The highest BCUT2D eigenvalue weighted by Crippen LogP contribution is 2.48. The number of hydrogen-bond acceptors (Lipinski definition) is 6. The first-order valence-corrected chi connectivity index (χ1v) is 9.80. The minimum absolute atomic E-state index is 0.0163. The summed E-state index contributed by atoms with van der Waals surface area (Å²) in [6, 6.07) is 21.1. The summed E-state index contributed by atoms with van der Waals surface area (Å²) >= 11 is 0. The van der Waals surface area contributed by atoms with E-state index >= 15 is 0 Å². The van der Waals surface area contributed by atoms with Crippen molar-refractivity contribution in [2.45, 2.75) is 18.7 Å². The summed E-state index contributed by atoms with van der Waals surface area (Å²) in [7, 11) is 3.26. The highest BCUT2D eigenvalue weighted by Gasteiger charge is 2.41. The monoisotopic (exact) mass is 402 g/mol. The zero-order chi connectivity index (χ0) is 20.7. The maximum Gasteiger partial charge on any atom is 0.213 e. The zero-order valence-corrected chi connectivity index (χ0v) is 16.8. The molecule has 0 radical (unpaired) electrons. The van der Waals surface area contributed by atoms with Crippen LogP contribution in [0.4, 0.5) is 0 Å². The molecule has 2 heterocycles. The topological polar surface area (TPSA) is 63.5 Å². The van der Waals surface area contributed by atoms with Crippen molar-refractivity contribution in [3.05, 3.63) is 83.4 Å². The lowest BCUT2D eigenvalue weighted by atomic mass is 9.95. The van der Waals surface area contributed by atoms with Crippen LogP contribution in [0.2, 0.25) is 0 Å². The van der Waals surface area contributed by atoms with E-state index in [1.807, 2.05) is 53.5 Å². The molecule has 0 spiro atoms. The third-order valence-electron chi connectivity index (χ3n) is 5.61. The predicted molar refractivity (Wildman–Crippen MR) is 113 cm³/mol. The SMILES string of the molecule is COc1ccc(C2Oc3ccccc3C3CC(c4cc(OC)ccc4O)=NN32)cc1. The highest BCUT2D eigenvalue weighted by atomic mass is 16.5. The summed E-state index contributed by atoms with van der Waals surface area (Å²) in [4.78, 5) is 0. The lowest BCUT2D eigenvalue weighted by molar-refractivity contribution is -0.0190. The van der Waals surface area contributed by atoms with Gasteiger partial charge in [-0.2, -0.15) is 5.10 Å². The molecule has 5 rings (SSSR count). The number of nitrogens with zero attached hydrogens (tertiary/aromatic N) is 2. The molecule has 2 atom stereocenters. The highest BCUT2D eigenvalue weighted by molar-refractivity contribution is 6.04. The summed E-state index contributed by atoms with van der Waals surface area (Å²) in [6.45, 7) is 0. The molecule has 3 aromatic carbocycles. The van der Waals surface area contributed by atoms with E-state index in [1.54, 1.807) is 26.4 Å². The molecule has 3 aromatic rings. The molecule has 2 unspecified atom stereocenters. The maximum absolute atomic E-state index is 10.5. The molecule has 0 saturated carbocycles. The molecule has 0 aromatic heterocycles. The van der Waals surface area contributed by atoms with Gasteiger partial charge in [-0.1, -0.05) is 18.2 Å². The van der Waals surface area contributed by atoms with Crippen molar-refractivity contribution < 1.29 is 19.3 Å². The summed E-state index contributed by atoms with van der Waals surface area (Å²) in [5, 5.41) is 17.3. The van der Waals surface area contributed by atoms with Crippen molar-refractivity contribution in [3.63, 3.8) is 0 Å². The van der Waals surface area contributed by atoms with Crippen LogP contribution in [-0.4, -0.2) is 30.0 Å². The Hall–Kier alpha value is -3.67. The molecule has 1 N–H and O–H groups in total. The van der Waals surface area contributed by atoms with E-state index < -0.39 is 0 Å². The van der Waals surface area contributed by atoms with E-state index in [2.05, 4.69) is 6.07 Å². The summed E-state index contributed by atoms with van der Waals surface area (Å²) in [5.41, 5.74) is 3.54. The zero-order valence-electron chi connectivity index (χ0n) is 16.8. The number of hydrogen-bond donors (Lipinski definition) is 1. The third kappa shape index (κ3) is 3.01. The molecule has 2 aliphatic heterocycles. The van der Waals surface area contributed by atoms with Crippen LogP contribution in [0.3, 0.4) is 0 Å². The number of aromatic hydroxyl groups is 1. The van der Waals surface area contributed by atoms with Gasteiger partial charge in [-0.25, -0.2) is 5.01 Å². The van der Waals surface area contributed by atoms with Crippen molar-refractivity contribution in [2.24, 2.45) is 5.10 Å². The van der Waals surface area contributed by atoms with Gasteiger partial charge in [0.15, 0.2) is 0 Å². The molecule has 0 amide bonds. The van der Waals surface area contributed by atoms with E-state index in [9.17, 15) is 5.11 Å². The van der Waals surface area contributed by atoms with Gasteiger partial charge in [-0.05, 0) is 48.5 Å². The van der Waals surface area contributed by atoms with Crippen LogP contribution >= 0.6 is 0 Å². The lowest BCUT2D eigenvalue weighted by Gasteiger charge is -2.38. The second-order valence-electron chi connectivity index (χ2n) is 7.31. The smallest absolute Gasteiger partial charge is 0.213 e. The average molecular weight is 402 g/mol. The number of phenolic OH excluding ortho intramolecular Hbond substituents is 1. The van der Waals surface area contributed by atoms with Gasteiger partial charge in [-0.3, -0.25) is 0 Å². The van der Waals surface area contributed by atoms with Crippen LogP contribution < -0.4 is 14.2 Å². The van der Waals surface area contributed by atoms with E-state index in [0.717, 1.165) is 28.3 Å². The van der Waals surface area contributed by atoms with E-state index in [-0.39, 0.29) is 18.0 Å². The first-order valence-electron chi connectivity index (χ1n) is 9.80. The van der Waals surface area contributed by atoms with Crippen LogP contribution in [0, 0.1) is 0 Å². The average Bonchev–Trinajstić information content (AvgIpc) is 3.24. The number of para-hydroxylation sites is 1. The Morgan fingerprint density at radius 1 is 0.967 bits per heavy atom. The van der Waals surface area contributed by atoms with Gasteiger partial charge in [0.2, 0.25) is 6.23 Å². The van der Waals surface area contributed by atoms with Crippen LogP contribution in [-0.2, 0) is 0 Å². The number of benzene rings is 3. The standard InChI is InChI=1S/C24H22N2O4/c1-28-16-9-7-15(8-10-16)24-26-21(18-5-3-4-6-23(18)30-24)14-20(25-26)19-13-17(29-2)11-12-22(19)27/h3-13,21,24,27H,14H2,1-2H3. The van der Waals surface area contributed by atoms with Crippen molar-refractivity contribution >= 4 is 5.71 Å². The number of rotatable bonds is 4. The molecule has 30 heavy (non-hydrogen) atoms. The fourth-order valence-corrected chi connectivity index (χ4v) is 4.06. The number of ether oxygens (including phenoxy) is 3.